The van der Waals surface area contributed by atoms with Gasteiger partial charge in [-0.05, 0) is 18.8 Å². The first-order valence-corrected chi connectivity index (χ1v) is 13.9. The summed E-state index contributed by atoms with van der Waals surface area (Å²) >= 11 is 0. The summed E-state index contributed by atoms with van der Waals surface area (Å²) in [7, 11) is -4.57. The van der Waals surface area contributed by atoms with E-state index in [2.05, 4.69) is 18.0 Å². The fourth-order valence-electron chi connectivity index (χ4n) is 3.98. The van der Waals surface area contributed by atoms with Crippen LogP contribution in [-0.4, -0.2) is 19.6 Å². The largest absolute Gasteiger partial charge is 1.00 e. The van der Waals surface area contributed by atoms with E-state index in [9.17, 15) is 13.0 Å². The Morgan fingerprint density at radius 3 is 1.20 bits per heavy atom. The normalized spacial score (nSPS) is 12.6. The first kappa shape index (κ1) is 33.0. The summed E-state index contributed by atoms with van der Waals surface area (Å²) in [5.74, 6) is 0.202. The van der Waals surface area contributed by atoms with Crippen molar-refractivity contribution in [3.63, 3.8) is 0 Å². The molecule has 176 valence electrons. The molecule has 0 saturated carbocycles. The van der Waals surface area contributed by atoms with E-state index in [1.54, 1.807) is 0 Å². The predicted octanol–water partition coefficient (Wildman–Crippen LogP) is 4.93. The Labute approximate surface area is 210 Å². The van der Waals surface area contributed by atoms with Gasteiger partial charge in [-0.2, -0.15) is 0 Å². The fraction of sp³-hybridized carbons (Fsp3) is 1.00. The Hall–Kier alpha value is 0.870. The van der Waals surface area contributed by atoms with Crippen molar-refractivity contribution in [2.24, 2.45) is 5.92 Å². The minimum absolute atomic E-state index is 0. The average molecular weight is 457 g/mol. The van der Waals surface area contributed by atoms with E-state index in [1.165, 1.54) is 103 Å². The number of unbranched alkanes of at least 4 members (excludes halogenated alkanes) is 16. The van der Waals surface area contributed by atoms with Crippen LogP contribution in [0.3, 0.4) is 0 Å². The molecule has 0 rings (SSSR count). The molecular formula is C24H49NaO4S. The van der Waals surface area contributed by atoms with Crippen LogP contribution >= 0.6 is 0 Å². The maximum atomic E-state index is 10.8. The zero-order chi connectivity index (χ0) is 21.6. The van der Waals surface area contributed by atoms with E-state index in [1.807, 2.05) is 0 Å². The molecule has 0 radical (unpaired) electrons. The van der Waals surface area contributed by atoms with Crippen molar-refractivity contribution in [1.82, 2.24) is 0 Å². The molecule has 0 bridgehead atoms. The minimum atomic E-state index is -4.57. The van der Waals surface area contributed by atoms with Gasteiger partial charge in [0.2, 0.25) is 10.4 Å². The third-order valence-electron chi connectivity index (χ3n) is 5.88. The summed E-state index contributed by atoms with van der Waals surface area (Å²) in [6.45, 7) is 4.55. The second-order valence-electron chi connectivity index (χ2n) is 8.79. The van der Waals surface area contributed by atoms with Crippen LogP contribution in [0.15, 0.2) is 0 Å². The summed E-state index contributed by atoms with van der Waals surface area (Å²) in [4.78, 5) is 0. The van der Waals surface area contributed by atoms with E-state index in [0.29, 0.717) is 0 Å². The topological polar surface area (TPSA) is 66.4 Å². The van der Waals surface area contributed by atoms with Crippen molar-refractivity contribution in [3.8, 4) is 0 Å². The molecule has 0 aliphatic rings. The van der Waals surface area contributed by atoms with Crippen LogP contribution in [0, 0.1) is 5.92 Å². The van der Waals surface area contributed by atoms with Crippen LogP contribution in [0.25, 0.3) is 0 Å². The van der Waals surface area contributed by atoms with Crippen molar-refractivity contribution in [2.45, 2.75) is 142 Å². The Balaban J connectivity index is 0. The van der Waals surface area contributed by atoms with Gasteiger partial charge in [-0.15, -0.1) is 0 Å². The van der Waals surface area contributed by atoms with Gasteiger partial charge in [-0.1, -0.05) is 129 Å². The van der Waals surface area contributed by atoms with Crippen molar-refractivity contribution in [2.75, 3.05) is 6.61 Å². The van der Waals surface area contributed by atoms with Crippen molar-refractivity contribution in [1.29, 1.82) is 0 Å². The molecule has 1 atom stereocenters. The average Bonchev–Trinajstić information content (AvgIpc) is 2.68. The number of hydrogen-bond donors (Lipinski definition) is 0. The van der Waals surface area contributed by atoms with Crippen molar-refractivity contribution in [3.05, 3.63) is 0 Å². The summed E-state index contributed by atoms with van der Waals surface area (Å²) in [5, 5.41) is 0. The van der Waals surface area contributed by atoms with Crippen LogP contribution in [0.1, 0.15) is 142 Å². The van der Waals surface area contributed by atoms with Gasteiger partial charge in [0, 0.05) is 0 Å². The molecule has 0 heterocycles. The van der Waals surface area contributed by atoms with E-state index in [-0.39, 0.29) is 42.1 Å². The molecule has 0 aromatic heterocycles. The van der Waals surface area contributed by atoms with Crippen molar-refractivity contribution >= 4 is 10.4 Å². The molecule has 6 heteroatoms. The zero-order valence-corrected chi connectivity index (χ0v) is 23.3. The van der Waals surface area contributed by atoms with Gasteiger partial charge in [0.15, 0.2) is 0 Å². The van der Waals surface area contributed by atoms with E-state index in [0.717, 1.165) is 25.7 Å². The second-order valence-corrected chi connectivity index (χ2v) is 9.85. The van der Waals surface area contributed by atoms with E-state index >= 15 is 0 Å². The molecule has 4 nitrogen and oxygen atoms in total. The van der Waals surface area contributed by atoms with Crippen molar-refractivity contribution < 1.29 is 46.7 Å². The first-order valence-electron chi connectivity index (χ1n) is 12.6. The van der Waals surface area contributed by atoms with Gasteiger partial charge in [0.1, 0.15) is 0 Å². The van der Waals surface area contributed by atoms with Gasteiger partial charge in [-0.25, -0.2) is 8.42 Å². The molecule has 0 fully saturated rings. The third-order valence-corrected chi connectivity index (χ3v) is 6.30. The maximum absolute atomic E-state index is 10.8. The Kier molecular flexibility index (Phi) is 27.0. The predicted molar refractivity (Wildman–Crippen MR) is 123 cm³/mol. The number of hydrogen-bond acceptors (Lipinski definition) is 4. The first-order chi connectivity index (χ1) is 14.0. The minimum Gasteiger partial charge on any atom is -0.726 e. The molecule has 30 heavy (non-hydrogen) atoms. The van der Waals surface area contributed by atoms with E-state index < -0.39 is 10.4 Å². The maximum Gasteiger partial charge on any atom is 1.00 e. The van der Waals surface area contributed by atoms with Gasteiger partial charge in [0.25, 0.3) is 0 Å². The third kappa shape index (κ3) is 26.9. The molecule has 0 N–H and O–H groups in total. The molecule has 0 amide bonds. The monoisotopic (exact) mass is 456 g/mol. The SMILES string of the molecule is CCCCCCCCCCCCCC(CCCCCCCCC)COS(=O)(=O)[O-].[Na+]. The van der Waals surface area contributed by atoms with Crippen LogP contribution in [0.4, 0.5) is 0 Å². The molecule has 0 aromatic rings. The van der Waals surface area contributed by atoms with Crippen LogP contribution in [-0.2, 0) is 14.6 Å². The Morgan fingerprint density at radius 2 is 0.900 bits per heavy atom. The Bertz CT molecular complexity index is 429. The van der Waals surface area contributed by atoms with Crippen LogP contribution < -0.4 is 29.6 Å². The second kappa shape index (κ2) is 24.5. The number of rotatable bonds is 23. The molecule has 0 aromatic carbocycles. The molecule has 1 unspecified atom stereocenters. The molecule has 0 aliphatic carbocycles. The van der Waals surface area contributed by atoms with Crippen LogP contribution in [0.2, 0.25) is 0 Å². The van der Waals surface area contributed by atoms with Gasteiger partial charge < -0.3 is 4.55 Å². The summed E-state index contributed by atoms with van der Waals surface area (Å²) < 4.78 is 37.0. The van der Waals surface area contributed by atoms with Gasteiger partial charge >= 0.3 is 29.6 Å². The molecule has 0 saturated heterocycles. The van der Waals surface area contributed by atoms with E-state index in [4.69, 9.17) is 0 Å². The zero-order valence-electron chi connectivity index (χ0n) is 20.5. The standard InChI is InChI=1S/C24H50O4S.Na/c1-3-5-7-9-11-12-13-14-16-18-20-22-24(23-28-29(25,26)27)21-19-17-15-10-8-6-4-2;/h24H,3-23H2,1-2H3,(H,25,26,27);/q;+1/p-1. The van der Waals surface area contributed by atoms with Gasteiger partial charge in [-0.3, -0.25) is 4.18 Å². The van der Waals surface area contributed by atoms with Crippen LogP contribution in [0.5, 0.6) is 0 Å². The fourth-order valence-corrected chi connectivity index (χ4v) is 4.34. The summed E-state index contributed by atoms with van der Waals surface area (Å²) in [5.41, 5.74) is 0. The summed E-state index contributed by atoms with van der Waals surface area (Å²) in [6, 6.07) is 0. The smallest absolute Gasteiger partial charge is 0.726 e. The summed E-state index contributed by atoms with van der Waals surface area (Å²) in [6.07, 6.45) is 25.1. The molecule has 0 aliphatic heterocycles. The molecule has 0 spiro atoms. The quantitative estimate of drug-likeness (QED) is 0.0947. The Morgan fingerprint density at radius 1 is 0.600 bits per heavy atom. The molecular weight excluding hydrogens is 407 g/mol. The van der Waals surface area contributed by atoms with Gasteiger partial charge in [0.05, 0.1) is 6.61 Å².